The van der Waals surface area contributed by atoms with E-state index in [9.17, 15) is 14.0 Å². The first kappa shape index (κ1) is 22.7. The van der Waals surface area contributed by atoms with Gasteiger partial charge in [-0.1, -0.05) is 45.0 Å². The van der Waals surface area contributed by atoms with Gasteiger partial charge in [0.05, 0.1) is 24.8 Å². The van der Waals surface area contributed by atoms with Crippen LogP contribution in [0.2, 0.25) is 0 Å². The van der Waals surface area contributed by atoms with Crippen LogP contribution in [-0.4, -0.2) is 36.0 Å². The molecule has 0 aromatic heterocycles. The van der Waals surface area contributed by atoms with E-state index in [0.29, 0.717) is 11.3 Å². The standard InChI is InChI=1S/C25H29FN2O3/c1-16(2)31-15-14-28-23(29)21(17-6-10-19(26)11-7-17)22(24(28)30)27-20-12-8-18(9-13-20)25(3,4)5/h6-13,16,27H,14-15H2,1-5H3. The second-order valence-corrected chi connectivity index (χ2v) is 8.89. The first-order chi connectivity index (χ1) is 14.6. The van der Waals surface area contributed by atoms with Gasteiger partial charge in [-0.05, 0) is 54.7 Å². The van der Waals surface area contributed by atoms with Crippen molar-refractivity contribution in [2.24, 2.45) is 0 Å². The predicted molar refractivity (Wildman–Crippen MR) is 120 cm³/mol. The van der Waals surface area contributed by atoms with Crippen molar-refractivity contribution in [2.75, 3.05) is 18.5 Å². The van der Waals surface area contributed by atoms with Crippen LogP contribution in [0.1, 0.15) is 45.7 Å². The number of rotatable bonds is 7. The summed E-state index contributed by atoms with van der Waals surface area (Å²) in [6.07, 6.45) is -0.00346. The largest absolute Gasteiger partial charge is 0.377 e. The van der Waals surface area contributed by atoms with Crippen LogP contribution in [0, 0.1) is 5.82 Å². The minimum absolute atomic E-state index is 0.00340. The lowest BCUT2D eigenvalue weighted by atomic mass is 9.87. The molecule has 2 amide bonds. The van der Waals surface area contributed by atoms with E-state index in [-0.39, 0.29) is 35.9 Å². The van der Waals surface area contributed by atoms with Crippen LogP contribution in [0.15, 0.2) is 54.2 Å². The summed E-state index contributed by atoms with van der Waals surface area (Å²) >= 11 is 0. The molecule has 1 aliphatic heterocycles. The zero-order valence-corrected chi connectivity index (χ0v) is 18.7. The van der Waals surface area contributed by atoms with Crippen LogP contribution in [0.5, 0.6) is 0 Å². The Kier molecular flexibility index (Phi) is 6.60. The van der Waals surface area contributed by atoms with Crippen molar-refractivity contribution < 1.29 is 18.7 Å². The van der Waals surface area contributed by atoms with Gasteiger partial charge in [-0.25, -0.2) is 4.39 Å². The number of hydrogen-bond donors (Lipinski definition) is 1. The first-order valence-corrected chi connectivity index (χ1v) is 10.4. The number of nitrogens with zero attached hydrogens (tertiary/aromatic N) is 1. The molecule has 5 nitrogen and oxygen atoms in total. The van der Waals surface area contributed by atoms with E-state index >= 15 is 0 Å². The van der Waals surface area contributed by atoms with Gasteiger partial charge >= 0.3 is 0 Å². The lowest BCUT2D eigenvalue weighted by Crippen LogP contribution is -2.35. The minimum Gasteiger partial charge on any atom is -0.377 e. The SMILES string of the molecule is CC(C)OCCN1C(=O)C(Nc2ccc(C(C)(C)C)cc2)=C(c2ccc(F)cc2)C1=O. The number of nitrogens with one attached hydrogen (secondary N) is 1. The molecule has 2 aromatic carbocycles. The Balaban J connectivity index is 1.93. The number of hydrogen-bond acceptors (Lipinski definition) is 4. The van der Waals surface area contributed by atoms with Gasteiger partial charge in [-0.15, -0.1) is 0 Å². The molecule has 0 radical (unpaired) electrons. The maximum absolute atomic E-state index is 13.4. The van der Waals surface area contributed by atoms with E-state index in [1.54, 1.807) is 0 Å². The summed E-state index contributed by atoms with van der Waals surface area (Å²) in [5, 5.41) is 3.13. The van der Waals surface area contributed by atoms with E-state index in [1.807, 2.05) is 38.1 Å². The maximum Gasteiger partial charge on any atom is 0.278 e. The fourth-order valence-electron chi connectivity index (χ4n) is 3.36. The Hall–Kier alpha value is -2.99. The average Bonchev–Trinajstić information content (AvgIpc) is 2.92. The fraction of sp³-hybridized carbons (Fsp3) is 0.360. The average molecular weight is 425 g/mol. The molecule has 164 valence electrons. The predicted octanol–water partition coefficient (Wildman–Crippen LogP) is 4.74. The fourth-order valence-corrected chi connectivity index (χ4v) is 3.36. The van der Waals surface area contributed by atoms with Crippen molar-refractivity contribution in [1.82, 2.24) is 4.90 Å². The maximum atomic E-state index is 13.4. The molecule has 6 heteroatoms. The Bertz CT molecular complexity index is 987. The molecule has 0 aliphatic carbocycles. The molecule has 0 bridgehead atoms. The lowest BCUT2D eigenvalue weighted by molar-refractivity contribution is -0.137. The van der Waals surface area contributed by atoms with Crippen molar-refractivity contribution in [3.63, 3.8) is 0 Å². The molecule has 1 aliphatic rings. The molecule has 0 saturated heterocycles. The van der Waals surface area contributed by atoms with Crippen LogP contribution >= 0.6 is 0 Å². The molecular formula is C25H29FN2O3. The first-order valence-electron chi connectivity index (χ1n) is 10.4. The van der Waals surface area contributed by atoms with Gasteiger partial charge in [0, 0.05) is 5.69 Å². The molecule has 0 saturated carbocycles. The molecule has 1 heterocycles. The van der Waals surface area contributed by atoms with Gasteiger partial charge in [-0.3, -0.25) is 14.5 Å². The molecule has 0 atom stereocenters. The summed E-state index contributed by atoms with van der Waals surface area (Å²) in [7, 11) is 0. The molecule has 31 heavy (non-hydrogen) atoms. The van der Waals surface area contributed by atoms with Crippen molar-refractivity contribution in [2.45, 2.75) is 46.1 Å². The normalized spacial score (nSPS) is 14.7. The molecule has 0 spiro atoms. The number of benzene rings is 2. The van der Waals surface area contributed by atoms with E-state index < -0.39 is 17.6 Å². The van der Waals surface area contributed by atoms with Crippen LogP contribution in [-0.2, 0) is 19.7 Å². The number of ether oxygens (including phenoxy) is 1. The van der Waals surface area contributed by atoms with E-state index in [1.165, 1.54) is 29.2 Å². The smallest absolute Gasteiger partial charge is 0.278 e. The molecule has 1 N–H and O–H groups in total. The van der Waals surface area contributed by atoms with Gasteiger partial charge in [0.1, 0.15) is 11.5 Å². The number of carbonyl (C=O) groups is 2. The van der Waals surface area contributed by atoms with Crippen LogP contribution in [0.4, 0.5) is 10.1 Å². The van der Waals surface area contributed by atoms with Crippen molar-refractivity contribution in [1.29, 1.82) is 0 Å². The third-order valence-electron chi connectivity index (χ3n) is 5.09. The third-order valence-corrected chi connectivity index (χ3v) is 5.09. The van der Waals surface area contributed by atoms with Crippen molar-refractivity contribution >= 4 is 23.1 Å². The Morgan fingerprint density at radius 3 is 2.13 bits per heavy atom. The highest BCUT2D eigenvalue weighted by molar-refractivity contribution is 6.36. The number of amides is 2. The number of halogens is 1. The summed E-state index contributed by atoms with van der Waals surface area (Å²) in [5.41, 5.74) is 2.76. The Labute approximate surface area is 182 Å². The zero-order chi connectivity index (χ0) is 22.8. The lowest BCUT2D eigenvalue weighted by Gasteiger charge is -2.19. The van der Waals surface area contributed by atoms with Crippen LogP contribution < -0.4 is 5.32 Å². The Morgan fingerprint density at radius 2 is 1.58 bits per heavy atom. The van der Waals surface area contributed by atoms with Crippen LogP contribution in [0.3, 0.4) is 0 Å². The number of imide groups is 1. The highest BCUT2D eigenvalue weighted by Crippen LogP contribution is 2.31. The topological polar surface area (TPSA) is 58.6 Å². The molecule has 2 aromatic rings. The number of carbonyl (C=O) groups excluding carboxylic acids is 2. The van der Waals surface area contributed by atoms with Crippen molar-refractivity contribution in [3.8, 4) is 0 Å². The molecule has 0 unspecified atom stereocenters. The second kappa shape index (κ2) is 9.02. The van der Waals surface area contributed by atoms with E-state index in [2.05, 4.69) is 26.1 Å². The molecule has 0 fully saturated rings. The Morgan fingerprint density at radius 1 is 0.968 bits per heavy atom. The van der Waals surface area contributed by atoms with Gasteiger partial charge in [0.25, 0.3) is 11.8 Å². The second-order valence-electron chi connectivity index (χ2n) is 8.89. The van der Waals surface area contributed by atoms with E-state index in [0.717, 1.165) is 5.56 Å². The van der Waals surface area contributed by atoms with E-state index in [4.69, 9.17) is 4.74 Å². The highest BCUT2D eigenvalue weighted by atomic mass is 19.1. The van der Waals surface area contributed by atoms with Gasteiger partial charge in [0.2, 0.25) is 0 Å². The monoisotopic (exact) mass is 424 g/mol. The summed E-state index contributed by atoms with van der Waals surface area (Å²) < 4.78 is 19.0. The van der Waals surface area contributed by atoms with Gasteiger partial charge < -0.3 is 10.1 Å². The number of anilines is 1. The van der Waals surface area contributed by atoms with Crippen LogP contribution in [0.25, 0.3) is 5.57 Å². The zero-order valence-electron chi connectivity index (χ0n) is 18.7. The van der Waals surface area contributed by atoms with Gasteiger partial charge in [-0.2, -0.15) is 0 Å². The summed E-state index contributed by atoms with van der Waals surface area (Å²) in [4.78, 5) is 27.4. The molecule has 3 rings (SSSR count). The summed E-state index contributed by atoms with van der Waals surface area (Å²) in [5.74, 6) is -1.25. The minimum atomic E-state index is -0.420. The third kappa shape index (κ3) is 5.20. The molecular weight excluding hydrogens is 395 g/mol. The summed E-state index contributed by atoms with van der Waals surface area (Å²) in [6, 6.07) is 13.3. The van der Waals surface area contributed by atoms with Crippen molar-refractivity contribution in [3.05, 3.63) is 71.2 Å². The quantitative estimate of drug-likeness (QED) is 0.653. The van der Waals surface area contributed by atoms with Gasteiger partial charge in [0.15, 0.2) is 0 Å². The highest BCUT2D eigenvalue weighted by Gasteiger charge is 2.39. The summed E-state index contributed by atoms with van der Waals surface area (Å²) in [6.45, 7) is 10.6.